The van der Waals surface area contributed by atoms with Crippen LogP contribution in [0.3, 0.4) is 0 Å². The largest absolute Gasteiger partial charge is 0.351 e. The maximum Gasteiger partial charge on any atom is 0.230 e. The molecule has 0 aliphatic carbocycles. The van der Waals surface area contributed by atoms with Gasteiger partial charge in [0.15, 0.2) is 0 Å². The summed E-state index contributed by atoms with van der Waals surface area (Å²) in [5.41, 5.74) is 3.02. The molecule has 0 atom stereocenters. The fourth-order valence-corrected chi connectivity index (χ4v) is 4.38. The molecule has 0 aliphatic heterocycles. The first-order valence-corrected chi connectivity index (χ1v) is 10.9. The van der Waals surface area contributed by atoms with Crippen LogP contribution in [0.2, 0.25) is 5.02 Å². The van der Waals surface area contributed by atoms with Crippen LogP contribution in [0.1, 0.15) is 11.1 Å². The Labute approximate surface area is 183 Å². The molecule has 3 aromatic carbocycles. The Morgan fingerprint density at radius 3 is 2.53 bits per heavy atom. The van der Waals surface area contributed by atoms with E-state index in [9.17, 15) is 9.18 Å². The van der Waals surface area contributed by atoms with E-state index in [1.54, 1.807) is 12.1 Å². The van der Waals surface area contributed by atoms with E-state index < -0.39 is 0 Å². The minimum absolute atomic E-state index is 0.0627. The third kappa shape index (κ3) is 4.86. The molecule has 152 valence electrons. The molecular formula is C24H20ClFN2OS. The molecule has 1 amide bonds. The van der Waals surface area contributed by atoms with Gasteiger partial charge in [-0.05, 0) is 35.4 Å². The van der Waals surface area contributed by atoms with Crippen LogP contribution in [0.25, 0.3) is 10.9 Å². The van der Waals surface area contributed by atoms with Crippen molar-refractivity contribution >= 4 is 40.2 Å². The number of fused-ring (bicyclic) bond motifs is 1. The van der Waals surface area contributed by atoms with Crippen molar-refractivity contribution in [2.24, 2.45) is 0 Å². The fraction of sp³-hybridized carbons (Fsp3) is 0.125. The molecule has 1 heterocycles. The monoisotopic (exact) mass is 438 g/mol. The van der Waals surface area contributed by atoms with Gasteiger partial charge in [0.05, 0.1) is 5.75 Å². The van der Waals surface area contributed by atoms with E-state index in [0.717, 1.165) is 31.9 Å². The van der Waals surface area contributed by atoms with E-state index in [-0.39, 0.29) is 11.7 Å². The quantitative estimate of drug-likeness (QED) is 0.365. The zero-order valence-corrected chi connectivity index (χ0v) is 17.7. The van der Waals surface area contributed by atoms with Crippen molar-refractivity contribution in [3.05, 3.63) is 101 Å². The second kappa shape index (κ2) is 9.37. The number of nitrogens with one attached hydrogen (secondary N) is 1. The SMILES string of the molecule is O=C(CSc1cn(Cc2ccccc2Cl)c2ccccc12)NCc1ccc(F)cc1. The van der Waals surface area contributed by atoms with Crippen LogP contribution in [0, 0.1) is 5.82 Å². The number of hydrogen-bond donors (Lipinski definition) is 1. The highest BCUT2D eigenvalue weighted by Gasteiger charge is 2.12. The van der Waals surface area contributed by atoms with E-state index in [1.807, 2.05) is 36.4 Å². The normalized spacial score (nSPS) is 11.0. The van der Waals surface area contributed by atoms with Gasteiger partial charge in [0.25, 0.3) is 0 Å². The molecule has 3 nitrogen and oxygen atoms in total. The van der Waals surface area contributed by atoms with Crippen molar-refractivity contribution in [2.75, 3.05) is 5.75 Å². The topological polar surface area (TPSA) is 34.0 Å². The molecule has 0 spiro atoms. The maximum absolute atomic E-state index is 13.0. The zero-order chi connectivity index (χ0) is 20.9. The molecule has 0 fully saturated rings. The minimum Gasteiger partial charge on any atom is -0.351 e. The van der Waals surface area contributed by atoms with Gasteiger partial charge in [-0.3, -0.25) is 4.79 Å². The lowest BCUT2D eigenvalue weighted by atomic mass is 10.2. The summed E-state index contributed by atoms with van der Waals surface area (Å²) in [4.78, 5) is 13.4. The van der Waals surface area contributed by atoms with Crippen molar-refractivity contribution in [3.63, 3.8) is 0 Å². The van der Waals surface area contributed by atoms with E-state index in [1.165, 1.54) is 23.9 Å². The van der Waals surface area contributed by atoms with Gasteiger partial charge in [-0.2, -0.15) is 0 Å². The molecule has 1 aromatic heterocycles. The predicted molar refractivity (Wildman–Crippen MR) is 121 cm³/mol. The first kappa shape index (κ1) is 20.5. The summed E-state index contributed by atoms with van der Waals surface area (Å²) in [6.45, 7) is 1.05. The average Bonchev–Trinajstić information content (AvgIpc) is 3.11. The fourth-order valence-electron chi connectivity index (χ4n) is 3.27. The highest BCUT2D eigenvalue weighted by Crippen LogP contribution is 2.31. The number of aromatic nitrogens is 1. The molecule has 0 unspecified atom stereocenters. The number of halogens is 2. The summed E-state index contributed by atoms with van der Waals surface area (Å²) in [5, 5.41) is 4.74. The van der Waals surface area contributed by atoms with Gasteiger partial charge >= 0.3 is 0 Å². The number of benzene rings is 3. The van der Waals surface area contributed by atoms with Crippen LogP contribution in [0.4, 0.5) is 4.39 Å². The molecule has 0 bridgehead atoms. The number of amides is 1. The van der Waals surface area contributed by atoms with E-state index in [0.29, 0.717) is 18.8 Å². The van der Waals surface area contributed by atoms with Gasteiger partial charge in [0.1, 0.15) is 5.82 Å². The Morgan fingerprint density at radius 2 is 1.73 bits per heavy atom. The Balaban J connectivity index is 1.44. The molecular weight excluding hydrogens is 419 g/mol. The molecule has 0 radical (unpaired) electrons. The Bertz CT molecular complexity index is 1170. The Kier molecular flexibility index (Phi) is 6.41. The van der Waals surface area contributed by atoms with Gasteiger partial charge in [0, 0.05) is 40.1 Å². The summed E-state index contributed by atoms with van der Waals surface area (Å²) in [6, 6.07) is 22.1. The molecule has 6 heteroatoms. The number of carbonyl (C=O) groups excluding carboxylic acids is 1. The van der Waals surface area contributed by atoms with Crippen LogP contribution in [0.5, 0.6) is 0 Å². The van der Waals surface area contributed by atoms with Crippen molar-refractivity contribution < 1.29 is 9.18 Å². The highest BCUT2D eigenvalue weighted by atomic mass is 35.5. The third-order valence-electron chi connectivity index (χ3n) is 4.81. The molecule has 0 aliphatic rings. The second-order valence-electron chi connectivity index (χ2n) is 6.92. The Hall–Kier alpha value is -2.76. The van der Waals surface area contributed by atoms with Crippen molar-refractivity contribution in [1.82, 2.24) is 9.88 Å². The number of carbonyl (C=O) groups is 1. The second-order valence-corrected chi connectivity index (χ2v) is 8.35. The average molecular weight is 439 g/mol. The van der Waals surface area contributed by atoms with E-state index in [2.05, 4.69) is 28.2 Å². The minimum atomic E-state index is -0.284. The van der Waals surface area contributed by atoms with Crippen LogP contribution >= 0.6 is 23.4 Å². The first-order chi connectivity index (χ1) is 14.6. The van der Waals surface area contributed by atoms with Crippen molar-refractivity contribution in [1.29, 1.82) is 0 Å². The van der Waals surface area contributed by atoms with Crippen LogP contribution in [0.15, 0.2) is 83.9 Å². The number of hydrogen-bond acceptors (Lipinski definition) is 2. The molecule has 4 aromatic rings. The summed E-state index contributed by atoms with van der Waals surface area (Å²) in [7, 11) is 0. The summed E-state index contributed by atoms with van der Waals surface area (Å²) in [6.07, 6.45) is 2.08. The molecule has 1 N–H and O–H groups in total. The number of para-hydroxylation sites is 1. The maximum atomic E-state index is 13.0. The van der Waals surface area contributed by atoms with Gasteiger partial charge in [-0.15, -0.1) is 11.8 Å². The number of rotatable bonds is 7. The third-order valence-corrected chi connectivity index (χ3v) is 6.22. The standard InChI is InChI=1S/C24H20ClFN2OS/c25-21-7-3-1-5-18(21)14-28-15-23(20-6-2-4-8-22(20)28)30-16-24(29)27-13-17-9-11-19(26)12-10-17/h1-12,15H,13-14,16H2,(H,27,29). The number of nitrogens with zero attached hydrogens (tertiary/aromatic N) is 1. The van der Waals surface area contributed by atoms with Crippen LogP contribution in [-0.4, -0.2) is 16.2 Å². The molecule has 30 heavy (non-hydrogen) atoms. The van der Waals surface area contributed by atoms with Crippen LogP contribution in [-0.2, 0) is 17.9 Å². The van der Waals surface area contributed by atoms with E-state index >= 15 is 0 Å². The van der Waals surface area contributed by atoms with Crippen molar-refractivity contribution in [2.45, 2.75) is 18.0 Å². The van der Waals surface area contributed by atoms with Crippen molar-refractivity contribution in [3.8, 4) is 0 Å². The lowest BCUT2D eigenvalue weighted by Crippen LogP contribution is -2.24. The van der Waals surface area contributed by atoms with Gasteiger partial charge in [-0.1, -0.05) is 60.1 Å². The molecule has 0 saturated carbocycles. The lowest BCUT2D eigenvalue weighted by molar-refractivity contribution is -0.118. The van der Waals surface area contributed by atoms with Gasteiger partial charge < -0.3 is 9.88 Å². The van der Waals surface area contributed by atoms with Gasteiger partial charge in [-0.25, -0.2) is 4.39 Å². The lowest BCUT2D eigenvalue weighted by Gasteiger charge is -2.07. The molecule has 4 rings (SSSR count). The number of thioether (sulfide) groups is 1. The highest BCUT2D eigenvalue weighted by molar-refractivity contribution is 8.00. The Morgan fingerprint density at radius 1 is 1.00 bits per heavy atom. The van der Waals surface area contributed by atoms with E-state index in [4.69, 9.17) is 11.6 Å². The summed E-state index contributed by atoms with van der Waals surface area (Å²) >= 11 is 7.84. The molecule has 0 saturated heterocycles. The van der Waals surface area contributed by atoms with Crippen LogP contribution < -0.4 is 5.32 Å². The predicted octanol–water partition coefficient (Wildman–Crippen LogP) is 5.89. The first-order valence-electron chi connectivity index (χ1n) is 9.55. The summed E-state index contributed by atoms with van der Waals surface area (Å²) < 4.78 is 15.1. The smallest absolute Gasteiger partial charge is 0.230 e. The zero-order valence-electron chi connectivity index (χ0n) is 16.1. The summed E-state index contributed by atoms with van der Waals surface area (Å²) in [5.74, 6) is -0.0394. The van der Waals surface area contributed by atoms with Gasteiger partial charge in [0.2, 0.25) is 5.91 Å².